The van der Waals surface area contributed by atoms with Crippen LogP contribution in [0.1, 0.15) is 96.6 Å². The van der Waals surface area contributed by atoms with Gasteiger partial charge in [-0.2, -0.15) is 0 Å². The van der Waals surface area contributed by atoms with E-state index in [-0.39, 0.29) is 111 Å². The summed E-state index contributed by atoms with van der Waals surface area (Å²) in [5, 5.41) is 42.6. The van der Waals surface area contributed by atoms with E-state index in [2.05, 4.69) is 222 Å². The fourth-order valence-corrected chi connectivity index (χ4v) is 11.3. The molecule has 5 aromatic heterocycles. The van der Waals surface area contributed by atoms with E-state index < -0.39 is 5.97 Å². The molecule has 5 N–H and O–H groups in total. The second-order valence-electron chi connectivity index (χ2n) is 26.8. The molecule has 115 heavy (non-hydrogen) atoms. The summed E-state index contributed by atoms with van der Waals surface area (Å²) < 4.78 is 0. The number of nitrogens with zero attached hydrogens (tertiary/aromatic N) is 13. The summed E-state index contributed by atoms with van der Waals surface area (Å²) >= 11 is 0. The van der Waals surface area contributed by atoms with Gasteiger partial charge in [-0.3, -0.25) is 19.9 Å². The Balaban J connectivity index is 0.000000364. The number of aliphatic hydroxyl groups is 4. The number of aryl methyl sites for hydroxylation is 8. The number of anilines is 8. The second-order valence-corrected chi connectivity index (χ2v) is 26.8. The molecule has 13 aromatic rings. The Morgan fingerprint density at radius 2 is 0.574 bits per heavy atom. The third kappa shape index (κ3) is 32.9. The van der Waals surface area contributed by atoms with Gasteiger partial charge in [-0.15, -0.1) is 119 Å². The molecule has 0 fully saturated rings. The predicted molar refractivity (Wildman–Crippen MR) is 448 cm³/mol. The van der Waals surface area contributed by atoms with E-state index in [1.54, 1.807) is 64.6 Å². The van der Waals surface area contributed by atoms with Crippen LogP contribution in [0.15, 0.2) is 243 Å². The van der Waals surface area contributed by atoms with Crippen LogP contribution in [0, 0.1) is 79.7 Å². The smallest absolute Gasteiger partial charge is 0.354 e. The van der Waals surface area contributed by atoms with Crippen LogP contribution < -0.4 is 19.6 Å². The standard InChI is InChI=1S/2C24H20N3.2C14H16N3.C6H5NO2.2C5H12O2.3Ir.Pt/c2*1-18-17-25-24(19(2)26-18)20-10-9-15-23(16-20)27(21-11-5-3-6-12-21)22-13-7-4-8-14-22;2*1-10-9-15-14(11(2)16-10)12-6-5-7-13(8-12)17(3)4;8-6(9)5-3-1-2-4-7-5;2*1-4(6)3-5(2)7;;;;/h2*3-9,11-17H,1-2H3;2*5,7-9H,1-4H3;1-4H,(H,8,9);2*4-7H,3H2,1-2H3;;;;/q4*-1;;;;;;;. The first-order valence-electron chi connectivity index (χ1n) is 36.5. The number of para-hydroxylation sites is 4. The zero-order valence-electron chi connectivity index (χ0n) is 67.6. The first-order valence-corrected chi connectivity index (χ1v) is 36.5. The first kappa shape index (κ1) is 99.6. The second kappa shape index (κ2) is 51.4. The molecule has 3 radical (unpaired) electrons. The van der Waals surface area contributed by atoms with E-state index in [4.69, 9.17) is 25.5 Å². The van der Waals surface area contributed by atoms with Crippen molar-refractivity contribution in [3.05, 3.63) is 319 Å². The van der Waals surface area contributed by atoms with Gasteiger partial charge in [-0.1, -0.05) is 78.9 Å². The fraction of sp³-hybridized carbons (Fsp3) is 0.239. The average molecular weight is 2260 g/mol. The van der Waals surface area contributed by atoms with Crippen molar-refractivity contribution in [1.29, 1.82) is 0 Å². The van der Waals surface area contributed by atoms with Gasteiger partial charge in [0.05, 0.1) is 47.2 Å². The molecule has 13 rings (SSSR count). The maximum atomic E-state index is 10.1. The Bertz CT molecular complexity index is 4610. The van der Waals surface area contributed by atoms with Gasteiger partial charge in [0.15, 0.2) is 0 Å². The Labute approximate surface area is 734 Å². The van der Waals surface area contributed by atoms with Crippen molar-refractivity contribution in [2.24, 2.45) is 0 Å². The van der Waals surface area contributed by atoms with Crippen molar-refractivity contribution in [3.63, 3.8) is 0 Å². The van der Waals surface area contributed by atoms with Crippen molar-refractivity contribution >= 4 is 51.5 Å². The molecule has 4 unspecified atom stereocenters. The largest absolute Gasteiger partial charge is 0.477 e. The quantitative estimate of drug-likeness (QED) is 0.0532. The number of aromatic carboxylic acids is 1. The van der Waals surface area contributed by atoms with Crippen molar-refractivity contribution in [1.82, 2.24) is 44.9 Å². The summed E-state index contributed by atoms with van der Waals surface area (Å²) in [5.74, 6) is -0.990. The maximum Gasteiger partial charge on any atom is 0.354 e. The van der Waals surface area contributed by atoms with Crippen molar-refractivity contribution in [2.75, 3.05) is 47.8 Å². The number of hydrogen-bond donors (Lipinski definition) is 5. The fourth-order valence-electron chi connectivity index (χ4n) is 11.3. The van der Waals surface area contributed by atoms with E-state index in [1.807, 2.05) is 144 Å². The van der Waals surface area contributed by atoms with Gasteiger partial charge in [-0.05, 0) is 179 Å². The number of aliphatic hydroxyl groups excluding tert-OH is 4. The Hall–Kier alpha value is -9.62. The molecule has 8 aromatic carbocycles. The number of carbonyl (C=O) groups is 1. The molecule has 0 amide bonds. The Kier molecular flexibility index (Phi) is 44.5. The Morgan fingerprint density at radius 3 is 0.765 bits per heavy atom. The number of carboxylic acids is 1. The van der Waals surface area contributed by atoms with Crippen LogP contribution in [0.25, 0.3) is 45.0 Å². The SMILES string of the molecule is CC(O)CC(C)O.CC(O)CC(C)O.Cc1cnc(-c2[c-]ccc(N(C)C)c2)c(C)n1.Cc1cnc(-c2[c-]ccc(N(C)C)c2)c(C)n1.Cc1cnc(-c2[c-]ccc(N(c3ccccc3)c3ccccc3)c2)c(C)n1.Cc1cnc(-c2[c-]ccc(N(c3ccccc3)c3ccccc3)c2)c(C)n1.O=C(O)c1ccccn1.[Ir].[Ir].[Ir].[Pt]. The summed E-state index contributed by atoms with van der Waals surface area (Å²) in [4.78, 5) is 58.3. The van der Waals surface area contributed by atoms with Gasteiger partial charge < -0.3 is 65.1 Å². The minimum Gasteiger partial charge on any atom is -0.477 e. The van der Waals surface area contributed by atoms with Crippen LogP contribution in [0.3, 0.4) is 0 Å². The van der Waals surface area contributed by atoms with Crippen LogP contribution >= 0.6 is 0 Å². The molecule has 19 nitrogen and oxygen atoms in total. The van der Waals surface area contributed by atoms with Crippen LogP contribution in [-0.4, -0.2) is 129 Å². The monoisotopic (exact) mass is 2260 g/mol. The number of rotatable bonds is 17. The topological polar surface area (TPSA) is 247 Å². The summed E-state index contributed by atoms with van der Waals surface area (Å²) in [5.41, 5.74) is 23.7. The molecule has 0 saturated carbocycles. The minimum absolute atomic E-state index is 0. The number of hydrogen-bond acceptors (Lipinski definition) is 18. The van der Waals surface area contributed by atoms with Gasteiger partial charge in [0.25, 0.3) is 0 Å². The van der Waals surface area contributed by atoms with Crippen LogP contribution in [0.5, 0.6) is 0 Å². The molecule has 611 valence electrons. The zero-order valence-corrected chi connectivity index (χ0v) is 77.0. The normalized spacial score (nSPS) is 11.0. The number of benzene rings is 8. The summed E-state index contributed by atoms with van der Waals surface area (Å²) in [7, 11) is 8.08. The molecule has 0 saturated heterocycles. The van der Waals surface area contributed by atoms with Gasteiger partial charge in [0.2, 0.25) is 0 Å². The molecule has 0 bridgehead atoms. The summed E-state index contributed by atoms with van der Waals surface area (Å²) in [6.07, 6.45) is 8.07. The van der Waals surface area contributed by atoms with Crippen molar-refractivity contribution in [2.45, 2.75) is 120 Å². The number of aromatic nitrogens is 9. The summed E-state index contributed by atoms with van der Waals surface area (Å²) in [6.45, 7) is 22.4. The molecule has 23 heteroatoms. The van der Waals surface area contributed by atoms with E-state index in [9.17, 15) is 4.79 Å². The first-order chi connectivity index (χ1) is 53.1. The number of pyridine rings is 1. The molecule has 0 spiro atoms. The van der Waals surface area contributed by atoms with Crippen molar-refractivity contribution in [3.8, 4) is 45.0 Å². The van der Waals surface area contributed by atoms with Gasteiger partial charge in [-0.25, -0.2) is 9.78 Å². The molecular formula is C92H101Ir3N13O6Pt-4. The molecule has 0 aliphatic rings. The predicted octanol–water partition coefficient (Wildman–Crippen LogP) is 18.4. The van der Waals surface area contributed by atoms with Crippen LogP contribution in [0.4, 0.5) is 45.5 Å². The van der Waals surface area contributed by atoms with E-state index in [1.165, 1.54) is 12.3 Å². The Morgan fingerprint density at radius 1 is 0.339 bits per heavy atom. The van der Waals surface area contributed by atoms with Gasteiger partial charge in [0, 0.05) is 209 Å². The van der Waals surface area contributed by atoms with Crippen LogP contribution in [-0.2, 0) is 81.4 Å². The minimum atomic E-state index is -0.990. The van der Waals surface area contributed by atoms with Crippen LogP contribution in [0.2, 0.25) is 0 Å². The van der Waals surface area contributed by atoms with E-state index in [0.29, 0.717) is 12.8 Å². The third-order valence-electron chi connectivity index (χ3n) is 16.3. The summed E-state index contributed by atoms with van der Waals surface area (Å²) in [6, 6.07) is 83.6. The van der Waals surface area contributed by atoms with Crippen molar-refractivity contribution < 1.29 is 112 Å². The molecule has 0 aliphatic carbocycles. The number of carboxylic acid groups (broad SMARTS) is 1. The van der Waals surface area contributed by atoms with E-state index >= 15 is 0 Å². The van der Waals surface area contributed by atoms with Gasteiger partial charge in [0.1, 0.15) is 5.69 Å². The molecule has 0 aliphatic heterocycles. The van der Waals surface area contributed by atoms with Gasteiger partial charge >= 0.3 is 5.97 Å². The van der Waals surface area contributed by atoms with E-state index in [0.717, 1.165) is 136 Å². The maximum absolute atomic E-state index is 10.1. The average Bonchev–Trinajstić information content (AvgIpc) is 0.805. The molecule has 5 heterocycles. The molecule has 4 atom stereocenters. The molecular weight excluding hydrogens is 2150 g/mol. The third-order valence-corrected chi connectivity index (χ3v) is 16.3. The zero-order chi connectivity index (χ0) is 80.5.